The average molecular weight is 316 g/mol. The largest absolute Gasteiger partial charge is 0.496 e. The van der Waals surface area contributed by atoms with Crippen molar-refractivity contribution in [1.82, 2.24) is 9.80 Å². The molecule has 0 radical (unpaired) electrons. The third kappa shape index (κ3) is 3.69. The topological polar surface area (TPSA) is 32.8 Å². The predicted octanol–water partition coefficient (Wildman–Crippen LogP) is 2.89. The second-order valence-corrected chi connectivity index (χ2v) is 6.79. The first-order valence-electron chi connectivity index (χ1n) is 8.81. The zero-order valence-electron chi connectivity index (χ0n) is 14.3. The average Bonchev–Trinajstić information content (AvgIpc) is 2.62. The highest BCUT2D eigenvalue weighted by atomic mass is 16.5. The van der Waals surface area contributed by atoms with Crippen LogP contribution in [0.3, 0.4) is 0 Å². The van der Waals surface area contributed by atoms with E-state index in [2.05, 4.69) is 23.1 Å². The highest BCUT2D eigenvalue weighted by Crippen LogP contribution is 2.35. The fraction of sp³-hybridized carbons (Fsp3) is 0.632. The maximum absolute atomic E-state index is 11.4. The standard InChI is InChI=1S/C19H28N2O2/c1-15(22)20-13-9-17(10-14-20)21-11-7-16(8-12-21)18-5-3-4-6-19(18)23-2/h3-6,16-17H,7-14H2,1-2H3. The van der Waals surface area contributed by atoms with Gasteiger partial charge in [0.2, 0.25) is 5.91 Å². The van der Waals surface area contributed by atoms with E-state index < -0.39 is 0 Å². The summed E-state index contributed by atoms with van der Waals surface area (Å²) in [6.07, 6.45) is 4.65. The van der Waals surface area contributed by atoms with Gasteiger partial charge in [0.1, 0.15) is 5.75 Å². The smallest absolute Gasteiger partial charge is 0.219 e. The van der Waals surface area contributed by atoms with Crippen molar-refractivity contribution in [3.63, 3.8) is 0 Å². The molecule has 3 rings (SSSR count). The van der Waals surface area contributed by atoms with E-state index in [1.54, 1.807) is 14.0 Å². The molecule has 1 aromatic carbocycles. The van der Waals surface area contributed by atoms with Crippen molar-refractivity contribution in [2.24, 2.45) is 0 Å². The molecular weight excluding hydrogens is 288 g/mol. The maximum Gasteiger partial charge on any atom is 0.219 e. The van der Waals surface area contributed by atoms with E-state index in [-0.39, 0.29) is 5.91 Å². The summed E-state index contributed by atoms with van der Waals surface area (Å²) < 4.78 is 5.52. The molecule has 2 aliphatic rings. The van der Waals surface area contributed by atoms with E-state index in [1.807, 2.05) is 11.0 Å². The Morgan fingerprint density at radius 2 is 1.70 bits per heavy atom. The molecule has 1 aromatic rings. The minimum atomic E-state index is 0.221. The number of likely N-dealkylation sites (tertiary alicyclic amines) is 2. The molecule has 2 heterocycles. The molecule has 2 saturated heterocycles. The number of carbonyl (C=O) groups is 1. The summed E-state index contributed by atoms with van der Waals surface area (Å²) in [7, 11) is 1.76. The molecule has 4 heteroatoms. The van der Waals surface area contributed by atoms with Crippen LogP contribution in [-0.2, 0) is 4.79 Å². The Morgan fingerprint density at radius 3 is 2.30 bits per heavy atom. The minimum absolute atomic E-state index is 0.221. The Hall–Kier alpha value is -1.55. The molecule has 0 unspecified atom stereocenters. The normalized spacial score (nSPS) is 21.4. The number of hydrogen-bond donors (Lipinski definition) is 0. The molecule has 1 amide bonds. The quantitative estimate of drug-likeness (QED) is 0.859. The highest BCUT2D eigenvalue weighted by Gasteiger charge is 2.29. The lowest BCUT2D eigenvalue weighted by atomic mass is 9.87. The van der Waals surface area contributed by atoms with Crippen molar-refractivity contribution in [1.29, 1.82) is 0 Å². The van der Waals surface area contributed by atoms with Gasteiger partial charge in [-0.15, -0.1) is 0 Å². The summed E-state index contributed by atoms with van der Waals surface area (Å²) >= 11 is 0. The zero-order chi connectivity index (χ0) is 16.2. The summed E-state index contributed by atoms with van der Waals surface area (Å²) in [6.45, 7) is 5.85. The van der Waals surface area contributed by atoms with E-state index in [1.165, 1.54) is 18.4 Å². The Bertz CT molecular complexity index is 530. The number of hydrogen-bond acceptors (Lipinski definition) is 3. The van der Waals surface area contributed by atoms with Crippen molar-refractivity contribution in [3.05, 3.63) is 29.8 Å². The van der Waals surface area contributed by atoms with Gasteiger partial charge in [-0.1, -0.05) is 18.2 Å². The summed E-state index contributed by atoms with van der Waals surface area (Å²) in [5.74, 6) is 1.86. The first-order chi connectivity index (χ1) is 11.2. The maximum atomic E-state index is 11.4. The van der Waals surface area contributed by atoms with Gasteiger partial charge in [-0.2, -0.15) is 0 Å². The van der Waals surface area contributed by atoms with Gasteiger partial charge in [-0.05, 0) is 56.3 Å². The monoisotopic (exact) mass is 316 g/mol. The van der Waals surface area contributed by atoms with Gasteiger partial charge in [0.05, 0.1) is 7.11 Å². The van der Waals surface area contributed by atoms with Gasteiger partial charge < -0.3 is 14.5 Å². The number of benzene rings is 1. The van der Waals surface area contributed by atoms with Crippen molar-refractivity contribution in [3.8, 4) is 5.75 Å². The van der Waals surface area contributed by atoms with Crippen molar-refractivity contribution in [2.45, 2.75) is 44.6 Å². The third-order valence-corrected chi connectivity index (χ3v) is 5.53. The summed E-state index contributed by atoms with van der Waals surface area (Å²) in [5, 5.41) is 0. The second kappa shape index (κ2) is 7.35. The lowest BCUT2D eigenvalue weighted by Gasteiger charge is -2.41. The number of para-hydroxylation sites is 1. The molecular formula is C19H28N2O2. The zero-order valence-corrected chi connectivity index (χ0v) is 14.3. The van der Waals surface area contributed by atoms with Crippen LogP contribution in [0.25, 0.3) is 0 Å². The number of carbonyl (C=O) groups excluding carboxylic acids is 1. The molecule has 0 bridgehead atoms. The van der Waals surface area contributed by atoms with Crippen LogP contribution in [0, 0.1) is 0 Å². The van der Waals surface area contributed by atoms with Crippen molar-refractivity contribution in [2.75, 3.05) is 33.3 Å². The van der Waals surface area contributed by atoms with E-state index >= 15 is 0 Å². The van der Waals surface area contributed by atoms with Crippen LogP contribution in [0.5, 0.6) is 5.75 Å². The SMILES string of the molecule is COc1ccccc1C1CCN(C2CCN(C(C)=O)CC2)CC1. The molecule has 0 aromatic heterocycles. The van der Waals surface area contributed by atoms with Crippen LogP contribution in [0.15, 0.2) is 24.3 Å². The lowest BCUT2D eigenvalue weighted by Crippen LogP contribution is -2.48. The second-order valence-electron chi connectivity index (χ2n) is 6.79. The van der Waals surface area contributed by atoms with Gasteiger partial charge in [0.25, 0.3) is 0 Å². The van der Waals surface area contributed by atoms with Crippen LogP contribution in [0.1, 0.15) is 44.1 Å². The summed E-state index contributed by atoms with van der Waals surface area (Å²) in [5.41, 5.74) is 1.36. The summed E-state index contributed by atoms with van der Waals surface area (Å²) in [6, 6.07) is 9.09. The van der Waals surface area contributed by atoms with Crippen LogP contribution in [-0.4, -0.2) is 55.0 Å². The van der Waals surface area contributed by atoms with Crippen molar-refractivity contribution < 1.29 is 9.53 Å². The number of ether oxygens (including phenoxy) is 1. The molecule has 23 heavy (non-hydrogen) atoms. The molecule has 0 N–H and O–H groups in total. The third-order valence-electron chi connectivity index (χ3n) is 5.53. The van der Waals surface area contributed by atoms with Crippen LogP contribution in [0.2, 0.25) is 0 Å². The molecule has 0 atom stereocenters. The number of methoxy groups -OCH3 is 1. The molecule has 2 aliphatic heterocycles. The number of rotatable bonds is 3. The fourth-order valence-electron chi connectivity index (χ4n) is 4.13. The van der Waals surface area contributed by atoms with Crippen molar-refractivity contribution >= 4 is 5.91 Å². The molecule has 126 valence electrons. The Balaban J connectivity index is 1.54. The van der Waals surface area contributed by atoms with Gasteiger partial charge in [0, 0.05) is 26.1 Å². The van der Waals surface area contributed by atoms with Gasteiger partial charge in [-0.25, -0.2) is 0 Å². The first-order valence-corrected chi connectivity index (χ1v) is 8.81. The first kappa shape index (κ1) is 16.3. The van der Waals surface area contributed by atoms with Gasteiger partial charge >= 0.3 is 0 Å². The molecule has 0 aliphatic carbocycles. The number of nitrogens with zero attached hydrogens (tertiary/aromatic N) is 2. The predicted molar refractivity (Wildman–Crippen MR) is 91.8 cm³/mol. The minimum Gasteiger partial charge on any atom is -0.496 e. The number of piperidine rings is 2. The highest BCUT2D eigenvalue weighted by molar-refractivity contribution is 5.73. The van der Waals surface area contributed by atoms with Crippen LogP contribution in [0.4, 0.5) is 0 Å². The number of amides is 1. The van der Waals surface area contributed by atoms with Gasteiger partial charge in [-0.3, -0.25) is 4.79 Å². The lowest BCUT2D eigenvalue weighted by molar-refractivity contribution is -0.130. The van der Waals surface area contributed by atoms with Gasteiger partial charge in [0.15, 0.2) is 0 Å². The summed E-state index contributed by atoms with van der Waals surface area (Å²) in [4.78, 5) is 16.1. The fourth-order valence-corrected chi connectivity index (χ4v) is 4.13. The van der Waals surface area contributed by atoms with E-state index in [9.17, 15) is 4.79 Å². The molecule has 4 nitrogen and oxygen atoms in total. The van der Waals surface area contributed by atoms with E-state index in [4.69, 9.17) is 4.74 Å². The van der Waals surface area contributed by atoms with E-state index in [0.29, 0.717) is 12.0 Å². The Labute approximate surface area is 139 Å². The molecule has 2 fully saturated rings. The van der Waals surface area contributed by atoms with E-state index in [0.717, 1.165) is 44.8 Å². The molecule has 0 spiro atoms. The Morgan fingerprint density at radius 1 is 1.04 bits per heavy atom. The van der Waals surface area contributed by atoms with Crippen LogP contribution < -0.4 is 4.74 Å². The molecule has 0 saturated carbocycles. The van der Waals surface area contributed by atoms with Crippen LogP contribution >= 0.6 is 0 Å². The Kier molecular flexibility index (Phi) is 5.21.